The molecule has 4 heteroatoms. The maximum atomic E-state index is 12.5. The quantitative estimate of drug-likeness (QED) is 0.883. The zero-order valence-electron chi connectivity index (χ0n) is 11.2. The van der Waals surface area contributed by atoms with Gasteiger partial charge in [0.15, 0.2) is 0 Å². The van der Waals surface area contributed by atoms with Crippen molar-refractivity contribution in [2.75, 3.05) is 6.54 Å². The Bertz CT molecular complexity index is 457. The summed E-state index contributed by atoms with van der Waals surface area (Å²) in [6, 6.07) is 4.16. The molecule has 102 valence electrons. The first-order valence-corrected chi connectivity index (χ1v) is 7.25. The van der Waals surface area contributed by atoms with Gasteiger partial charge in [0.2, 0.25) is 0 Å². The van der Waals surface area contributed by atoms with Gasteiger partial charge in [-0.25, -0.2) is 0 Å². The maximum absolute atomic E-state index is 12.5. The van der Waals surface area contributed by atoms with Crippen LogP contribution in [0.3, 0.4) is 0 Å². The van der Waals surface area contributed by atoms with Crippen molar-refractivity contribution in [3.63, 3.8) is 0 Å². The fraction of sp³-hybridized carbons (Fsp3) is 0.600. The molecule has 3 rings (SSSR count). The number of amides is 1. The van der Waals surface area contributed by atoms with Crippen molar-refractivity contribution in [2.45, 2.75) is 44.7 Å². The van der Waals surface area contributed by atoms with E-state index in [9.17, 15) is 4.79 Å². The fourth-order valence-electron chi connectivity index (χ4n) is 3.48. The number of rotatable bonds is 2. The zero-order valence-corrected chi connectivity index (χ0v) is 11.2. The van der Waals surface area contributed by atoms with E-state index in [4.69, 9.17) is 5.73 Å². The number of carbonyl (C=O) groups is 1. The summed E-state index contributed by atoms with van der Waals surface area (Å²) in [6.45, 7) is 1.37. The van der Waals surface area contributed by atoms with Gasteiger partial charge in [0, 0.05) is 25.3 Å². The average Bonchev–Trinajstić information content (AvgIpc) is 2.90. The first-order valence-electron chi connectivity index (χ1n) is 7.25. The minimum absolute atomic E-state index is 0.0953. The first kappa shape index (κ1) is 12.6. The summed E-state index contributed by atoms with van der Waals surface area (Å²) >= 11 is 0. The second-order valence-corrected chi connectivity index (χ2v) is 5.65. The number of nitrogens with zero attached hydrogens (tertiary/aromatic N) is 2. The van der Waals surface area contributed by atoms with Gasteiger partial charge in [0.05, 0.1) is 0 Å². The van der Waals surface area contributed by atoms with Gasteiger partial charge in [0.25, 0.3) is 5.91 Å². The molecule has 1 aliphatic carbocycles. The lowest BCUT2D eigenvalue weighted by Crippen LogP contribution is -2.39. The summed E-state index contributed by atoms with van der Waals surface area (Å²) in [4.78, 5) is 18.8. The number of nitrogens with two attached hydrogens (primary N) is 1. The van der Waals surface area contributed by atoms with Gasteiger partial charge in [-0.1, -0.05) is 18.9 Å². The van der Waals surface area contributed by atoms with Crippen LogP contribution in [0, 0.1) is 5.92 Å². The van der Waals surface area contributed by atoms with Crippen LogP contribution in [0.2, 0.25) is 0 Å². The van der Waals surface area contributed by atoms with Gasteiger partial charge in [0.1, 0.15) is 5.69 Å². The lowest BCUT2D eigenvalue weighted by Gasteiger charge is -2.31. The topological polar surface area (TPSA) is 59.2 Å². The molecule has 19 heavy (non-hydrogen) atoms. The highest BCUT2D eigenvalue weighted by Gasteiger charge is 2.38. The molecule has 0 spiro atoms. The molecule has 2 heterocycles. The van der Waals surface area contributed by atoms with Crippen LogP contribution in [0.4, 0.5) is 0 Å². The van der Waals surface area contributed by atoms with Crippen LogP contribution >= 0.6 is 0 Å². The van der Waals surface area contributed by atoms with Crippen molar-refractivity contribution in [1.29, 1.82) is 0 Å². The monoisotopic (exact) mass is 259 g/mol. The predicted octanol–water partition coefficient (Wildman–Crippen LogP) is 1.94. The lowest BCUT2D eigenvalue weighted by molar-refractivity contribution is 0.0684. The van der Waals surface area contributed by atoms with Crippen LogP contribution in [0.1, 0.15) is 48.2 Å². The smallest absolute Gasteiger partial charge is 0.272 e. The van der Waals surface area contributed by atoms with Crippen LogP contribution in [0.5, 0.6) is 0 Å². The predicted molar refractivity (Wildman–Crippen MR) is 73.5 cm³/mol. The third-order valence-corrected chi connectivity index (χ3v) is 4.55. The molecular formula is C15H21N3O. The molecule has 4 nitrogen and oxygen atoms in total. The molecule has 1 aromatic heterocycles. The molecule has 2 N–H and O–H groups in total. The highest BCUT2D eigenvalue weighted by molar-refractivity contribution is 5.92. The number of aromatic nitrogens is 1. The molecule has 2 aliphatic rings. The molecule has 1 amide bonds. The second kappa shape index (κ2) is 5.29. The van der Waals surface area contributed by atoms with Crippen LogP contribution in [-0.2, 0) is 6.54 Å². The molecule has 0 bridgehead atoms. The van der Waals surface area contributed by atoms with E-state index in [2.05, 4.69) is 4.98 Å². The molecule has 2 unspecified atom stereocenters. The molecule has 1 saturated carbocycles. The van der Waals surface area contributed by atoms with Crippen LogP contribution in [0.15, 0.2) is 18.3 Å². The van der Waals surface area contributed by atoms with Crippen molar-refractivity contribution < 1.29 is 4.79 Å². The van der Waals surface area contributed by atoms with Gasteiger partial charge in [-0.15, -0.1) is 0 Å². The Hall–Kier alpha value is -1.42. The highest BCUT2D eigenvalue weighted by atomic mass is 16.2. The summed E-state index contributed by atoms with van der Waals surface area (Å²) < 4.78 is 0. The Morgan fingerprint density at radius 3 is 2.89 bits per heavy atom. The van der Waals surface area contributed by atoms with Gasteiger partial charge in [-0.2, -0.15) is 0 Å². The Morgan fingerprint density at radius 1 is 1.32 bits per heavy atom. The van der Waals surface area contributed by atoms with Crippen molar-refractivity contribution in [1.82, 2.24) is 9.88 Å². The number of hydrogen-bond donors (Lipinski definition) is 1. The molecule has 2 atom stereocenters. The van der Waals surface area contributed by atoms with Crippen molar-refractivity contribution in [3.05, 3.63) is 29.6 Å². The normalized spacial score (nSPS) is 26.3. The molecule has 0 radical (unpaired) electrons. The van der Waals surface area contributed by atoms with E-state index in [0.717, 1.165) is 30.9 Å². The molecule has 0 aromatic carbocycles. The Morgan fingerprint density at radius 2 is 2.16 bits per heavy atom. The summed E-state index contributed by atoms with van der Waals surface area (Å²) in [7, 11) is 0. The standard InChI is InChI=1S/C15H21N3O/c16-9-11-5-6-13(17-10-11)15(19)18-8-7-12-3-1-2-4-14(12)18/h5-6,10,12,14H,1-4,7-9,16H2. The van der Waals surface area contributed by atoms with E-state index >= 15 is 0 Å². The fourth-order valence-corrected chi connectivity index (χ4v) is 3.48. The molecule has 1 saturated heterocycles. The molecular weight excluding hydrogens is 238 g/mol. The number of hydrogen-bond acceptors (Lipinski definition) is 3. The SMILES string of the molecule is NCc1ccc(C(=O)N2CCC3CCCCC32)nc1. The van der Waals surface area contributed by atoms with Gasteiger partial charge < -0.3 is 10.6 Å². The van der Waals surface area contributed by atoms with Gasteiger partial charge >= 0.3 is 0 Å². The first-order chi connectivity index (χ1) is 9.29. The highest BCUT2D eigenvalue weighted by Crippen LogP contribution is 2.36. The summed E-state index contributed by atoms with van der Waals surface area (Å²) in [5.41, 5.74) is 7.08. The number of fused-ring (bicyclic) bond motifs is 1. The van der Waals surface area contributed by atoms with E-state index in [0.29, 0.717) is 18.3 Å². The maximum Gasteiger partial charge on any atom is 0.272 e. The van der Waals surface area contributed by atoms with E-state index in [-0.39, 0.29) is 5.91 Å². The van der Waals surface area contributed by atoms with Crippen molar-refractivity contribution >= 4 is 5.91 Å². The van der Waals surface area contributed by atoms with Gasteiger partial charge in [-0.05, 0) is 36.8 Å². The molecule has 2 fully saturated rings. The van der Waals surface area contributed by atoms with Crippen LogP contribution in [-0.4, -0.2) is 28.4 Å². The largest absolute Gasteiger partial charge is 0.334 e. The minimum Gasteiger partial charge on any atom is -0.334 e. The Labute approximate surface area is 114 Å². The van der Waals surface area contributed by atoms with E-state index in [1.165, 1.54) is 19.3 Å². The minimum atomic E-state index is 0.0953. The number of pyridine rings is 1. The average molecular weight is 259 g/mol. The Balaban J connectivity index is 1.75. The van der Waals surface area contributed by atoms with E-state index < -0.39 is 0 Å². The van der Waals surface area contributed by atoms with Crippen LogP contribution in [0.25, 0.3) is 0 Å². The Kier molecular flexibility index (Phi) is 3.51. The van der Waals surface area contributed by atoms with Crippen molar-refractivity contribution in [2.24, 2.45) is 11.7 Å². The van der Waals surface area contributed by atoms with E-state index in [1.807, 2.05) is 11.0 Å². The number of likely N-dealkylation sites (tertiary alicyclic amines) is 1. The number of carbonyl (C=O) groups excluding carboxylic acids is 1. The summed E-state index contributed by atoms with van der Waals surface area (Å²) in [6.07, 6.45) is 7.90. The molecule has 1 aliphatic heterocycles. The second-order valence-electron chi connectivity index (χ2n) is 5.65. The van der Waals surface area contributed by atoms with E-state index in [1.54, 1.807) is 12.3 Å². The third-order valence-electron chi connectivity index (χ3n) is 4.55. The third kappa shape index (κ3) is 2.37. The van der Waals surface area contributed by atoms with Crippen molar-refractivity contribution in [3.8, 4) is 0 Å². The lowest BCUT2D eigenvalue weighted by atomic mass is 9.85. The van der Waals surface area contributed by atoms with Gasteiger partial charge in [-0.3, -0.25) is 9.78 Å². The zero-order chi connectivity index (χ0) is 13.2. The summed E-state index contributed by atoms with van der Waals surface area (Å²) in [5, 5.41) is 0. The summed E-state index contributed by atoms with van der Waals surface area (Å²) in [5.74, 6) is 0.819. The van der Waals surface area contributed by atoms with Crippen LogP contribution < -0.4 is 5.73 Å². The molecule has 1 aromatic rings.